The van der Waals surface area contributed by atoms with Crippen LogP contribution in [0.4, 0.5) is 0 Å². The molecule has 98 valence electrons. The molecule has 1 aromatic heterocycles. The largest absolute Gasteiger partial charge is 0.360 e. The first-order chi connectivity index (χ1) is 8.69. The topological polar surface area (TPSA) is 36.3 Å². The van der Waals surface area contributed by atoms with E-state index in [4.69, 9.17) is 4.74 Å². The van der Waals surface area contributed by atoms with Gasteiger partial charge in [-0.25, -0.2) is 0 Å². The third-order valence-corrected chi connectivity index (χ3v) is 5.26. The van der Waals surface area contributed by atoms with E-state index in [-0.39, 0.29) is 0 Å². The average molecular weight is 329 g/mol. The molecule has 2 heterocycles. The molecular weight excluding hydrogens is 312 g/mol. The van der Waals surface area contributed by atoms with E-state index in [9.17, 15) is 5.26 Å². The van der Waals surface area contributed by atoms with Gasteiger partial charge in [0.1, 0.15) is 0 Å². The zero-order valence-corrected chi connectivity index (χ0v) is 12.9. The Bertz CT molecular complexity index is 432. The number of nitrogens with zero attached hydrogens (tertiary/aromatic N) is 2. The summed E-state index contributed by atoms with van der Waals surface area (Å²) >= 11 is 5.34. The molecule has 2 rings (SSSR count). The molecule has 1 saturated heterocycles. The van der Waals surface area contributed by atoms with Crippen molar-refractivity contribution in [3.05, 3.63) is 20.8 Å². The van der Waals surface area contributed by atoms with E-state index in [0.29, 0.717) is 6.61 Å². The van der Waals surface area contributed by atoms with Crippen molar-refractivity contribution >= 4 is 27.3 Å². The van der Waals surface area contributed by atoms with Gasteiger partial charge in [-0.2, -0.15) is 5.26 Å². The van der Waals surface area contributed by atoms with E-state index in [0.717, 1.165) is 32.5 Å². The number of hydrogen-bond acceptors (Lipinski definition) is 4. The van der Waals surface area contributed by atoms with E-state index in [1.54, 1.807) is 11.3 Å². The molecule has 0 saturated carbocycles. The smallest absolute Gasteiger partial charge is 0.156 e. The van der Waals surface area contributed by atoms with Crippen molar-refractivity contribution in [3.63, 3.8) is 0 Å². The van der Waals surface area contributed by atoms with Crippen LogP contribution >= 0.6 is 27.3 Å². The van der Waals surface area contributed by atoms with Crippen molar-refractivity contribution in [2.75, 3.05) is 19.7 Å². The maximum absolute atomic E-state index is 9.26. The van der Waals surface area contributed by atoms with Gasteiger partial charge in [0.05, 0.1) is 6.07 Å². The molecule has 0 aliphatic carbocycles. The number of ether oxygens (including phenoxy) is 1. The van der Waals surface area contributed by atoms with Crippen molar-refractivity contribution in [2.24, 2.45) is 0 Å². The van der Waals surface area contributed by atoms with Gasteiger partial charge in [-0.3, -0.25) is 4.90 Å². The highest BCUT2D eigenvalue weighted by molar-refractivity contribution is 9.10. The molecule has 0 spiro atoms. The van der Waals surface area contributed by atoms with Crippen LogP contribution in [0.15, 0.2) is 15.9 Å². The summed E-state index contributed by atoms with van der Waals surface area (Å²) in [5, 5.41) is 11.4. The number of rotatable bonds is 4. The number of thiophene rings is 1. The first-order valence-corrected chi connectivity index (χ1v) is 7.86. The van der Waals surface area contributed by atoms with E-state index in [2.05, 4.69) is 38.3 Å². The molecule has 0 bridgehead atoms. The van der Waals surface area contributed by atoms with Gasteiger partial charge >= 0.3 is 0 Å². The Morgan fingerprint density at radius 2 is 2.28 bits per heavy atom. The standard InChI is InChI=1S/C13H17BrN2OS/c1-2-17-13(10-15)4-6-16(7-5-13)9-12-11(14)3-8-18-12/h3,8H,2,4-7,9H2,1H3. The molecule has 0 atom stereocenters. The highest BCUT2D eigenvalue weighted by atomic mass is 79.9. The summed E-state index contributed by atoms with van der Waals surface area (Å²) in [5.41, 5.74) is -0.544. The zero-order chi connectivity index (χ0) is 13.0. The zero-order valence-electron chi connectivity index (χ0n) is 10.5. The SMILES string of the molecule is CCOC1(C#N)CCN(Cc2sccc2Br)CC1. The third kappa shape index (κ3) is 3.12. The van der Waals surface area contributed by atoms with Crippen LogP contribution in [0.5, 0.6) is 0 Å². The molecule has 1 aliphatic rings. The van der Waals surface area contributed by atoms with Crippen LogP contribution in [-0.4, -0.2) is 30.2 Å². The lowest BCUT2D eigenvalue weighted by Gasteiger charge is -2.36. The summed E-state index contributed by atoms with van der Waals surface area (Å²) in [7, 11) is 0. The van der Waals surface area contributed by atoms with Gasteiger partial charge in [-0.1, -0.05) is 0 Å². The molecule has 0 amide bonds. The van der Waals surface area contributed by atoms with Crippen LogP contribution in [0.3, 0.4) is 0 Å². The Morgan fingerprint density at radius 1 is 1.56 bits per heavy atom. The molecule has 0 radical (unpaired) electrons. The van der Waals surface area contributed by atoms with Crippen molar-refractivity contribution in [1.29, 1.82) is 5.26 Å². The second kappa shape index (κ2) is 6.16. The normalized spacial score (nSPS) is 19.6. The Kier molecular flexibility index (Phi) is 4.79. The van der Waals surface area contributed by atoms with Crippen LogP contribution in [0, 0.1) is 11.3 Å². The quantitative estimate of drug-likeness (QED) is 0.849. The number of hydrogen-bond donors (Lipinski definition) is 0. The minimum absolute atomic E-state index is 0.544. The van der Waals surface area contributed by atoms with Crippen molar-refractivity contribution in [3.8, 4) is 6.07 Å². The van der Waals surface area contributed by atoms with Gasteiger partial charge in [-0.05, 0) is 34.3 Å². The summed E-state index contributed by atoms with van der Waals surface area (Å²) in [5.74, 6) is 0. The number of halogens is 1. The van der Waals surface area contributed by atoms with Crippen LogP contribution in [-0.2, 0) is 11.3 Å². The molecule has 5 heteroatoms. The predicted molar refractivity (Wildman–Crippen MR) is 76.5 cm³/mol. The maximum atomic E-state index is 9.26. The average Bonchev–Trinajstić information content (AvgIpc) is 2.78. The molecule has 0 aromatic carbocycles. The molecule has 0 unspecified atom stereocenters. The Labute approximate surface area is 120 Å². The van der Waals surface area contributed by atoms with Gasteiger partial charge in [0.15, 0.2) is 5.60 Å². The second-order valence-corrected chi connectivity index (χ2v) is 6.36. The van der Waals surface area contributed by atoms with Crippen molar-refractivity contribution in [1.82, 2.24) is 4.90 Å². The molecular formula is C13H17BrN2OS. The summed E-state index contributed by atoms with van der Waals surface area (Å²) in [6, 6.07) is 4.44. The van der Waals surface area contributed by atoms with Crippen LogP contribution in [0.1, 0.15) is 24.6 Å². The lowest BCUT2D eigenvalue weighted by Crippen LogP contribution is -2.44. The molecule has 1 aromatic rings. The Morgan fingerprint density at radius 3 is 2.78 bits per heavy atom. The maximum Gasteiger partial charge on any atom is 0.156 e. The van der Waals surface area contributed by atoms with E-state index >= 15 is 0 Å². The predicted octanol–water partition coefficient (Wildman–Crippen LogP) is 3.41. The lowest BCUT2D eigenvalue weighted by atomic mass is 9.92. The third-order valence-electron chi connectivity index (χ3n) is 3.35. The number of piperidine rings is 1. The second-order valence-electron chi connectivity index (χ2n) is 4.51. The molecule has 18 heavy (non-hydrogen) atoms. The van der Waals surface area contributed by atoms with E-state index < -0.39 is 5.60 Å². The van der Waals surface area contributed by atoms with Crippen LogP contribution in [0.2, 0.25) is 0 Å². The highest BCUT2D eigenvalue weighted by Gasteiger charge is 2.35. The Balaban J connectivity index is 1.91. The lowest BCUT2D eigenvalue weighted by molar-refractivity contribution is -0.0397. The van der Waals surface area contributed by atoms with E-state index in [1.807, 2.05) is 6.92 Å². The molecule has 1 aliphatic heterocycles. The minimum atomic E-state index is -0.544. The van der Waals surface area contributed by atoms with Crippen molar-refractivity contribution < 1.29 is 4.74 Å². The fourth-order valence-electron chi connectivity index (χ4n) is 2.28. The van der Waals surface area contributed by atoms with Gasteiger partial charge in [0.25, 0.3) is 0 Å². The summed E-state index contributed by atoms with van der Waals surface area (Å²) in [6.07, 6.45) is 1.61. The van der Waals surface area contributed by atoms with Gasteiger partial charge in [-0.15, -0.1) is 11.3 Å². The van der Waals surface area contributed by atoms with Crippen LogP contribution in [0.25, 0.3) is 0 Å². The monoisotopic (exact) mass is 328 g/mol. The van der Waals surface area contributed by atoms with Gasteiger partial charge < -0.3 is 4.74 Å². The fraction of sp³-hybridized carbons (Fsp3) is 0.615. The van der Waals surface area contributed by atoms with Gasteiger partial charge in [0, 0.05) is 48.4 Å². The minimum Gasteiger partial charge on any atom is -0.360 e. The fourth-order valence-corrected chi connectivity index (χ4v) is 3.80. The molecule has 3 nitrogen and oxygen atoms in total. The van der Waals surface area contributed by atoms with Crippen molar-refractivity contribution in [2.45, 2.75) is 31.9 Å². The first-order valence-electron chi connectivity index (χ1n) is 6.18. The van der Waals surface area contributed by atoms with Gasteiger partial charge in [0.2, 0.25) is 0 Å². The molecule has 0 N–H and O–H groups in total. The van der Waals surface area contributed by atoms with Crippen LogP contribution < -0.4 is 0 Å². The highest BCUT2D eigenvalue weighted by Crippen LogP contribution is 2.29. The van der Waals surface area contributed by atoms with E-state index in [1.165, 1.54) is 9.35 Å². The molecule has 1 fully saturated rings. The summed E-state index contributed by atoms with van der Waals surface area (Å²) in [4.78, 5) is 3.75. The summed E-state index contributed by atoms with van der Waals surface area (Å²) < 4.78 is 6.82. The number of likely N-dealkylation sites (tertiary alicyclic amines) is 1. The first kappa shape index (κ1) is 14.0. The number of nitriles is 1. The summed E-state index contributed by atoms with van der Waals surface area (Å²) in [6.45, 7) is 5.39. The Hall–Kier alpha value is -0.410.